The molecule has 0 spiro atoms. The zero-order valence-corrected chi connectivity index (χ0v) is 31.0. The second-order valence-electron chi connectivity index (χ2n) is 15.7. The molecule has 10 aromatic carbocycles. The Labute approximate surface area is 322 Å². The van der Waals surface area contributed by atoms with E-state index in [1.54, 1.807) is 0 Å². The smallest absolute Gasteiger partial charge is 0.0159 e. The van der Waals surface area contributed by atoms with Gasteiger partial charge in [-0.1, -0.05) is 166 Å². The summed E-state index contributed by atoms with van der Waals surface area (Å²) in [5.41, 5.74) is 15.2. The minimum atomic E-state index is -0.158. The first-order chi connectivity index (χ1) is 27.0. The molecule has 10 aromatic rings. The molecular formula is C55H38. The summed E-state index contributed by atoms with van der Waals surface area (Å²) >= 11 is 0. The number of hydrogen-bond donors (Lipinski definition) is 0. The second kappa shape index (κ2) is 12.1. The fourth-order valence-electron chi connectivity index (χ4n) is 9.34. The predicted octanol–water partition coefficient (Wildman–Crippen LogP) is 15.3. The van der Waals surface area contributed by atoms with Crippen LogP contribution in [-0.2, 0) is 5.41 Å². The van der Waals surface area contributed by atoms with Gasteiger partial charge in [-0.25, -0.2) is 0 Å². The SMILES string of the molecule is CC1(C)c2cc(-c3cc(-c4ccc5ccccc5c4)cc(-c4cc5ccccc5c5ccccc45)c3)ccc2-c2ccc(-c3cccc4ccccc34)cc21. The Morgan fingerprint density at radius 2 is 0.782 bits per heavy atom. The van der Waals surface area contributed by atoms with Gasteiger partial charge >= 0.3 is 0 Å². The fraction of sp³-hybridized carbons (Fsp3) is 0.0545. The van der Waals surface area contributed by atoms with Crippen molar-refractivity contribution in [2.45, 2.75) is 19.3 Å². The summed E-state index contributed by atoms with van der Waals surface area (Å²) in [6, 6.07) is 72.4. The van der Waals surface area contributed by atoms with E-state index in [4.69, 9.17) is 0 Å². The topological polar surface area (TPSA) is 0 Å². The maximum Gasteiger partial charge on any atom is 0.0159 e. The maximum absolute atomic E-state index is 2.47. The van der Waals surface area contributed by atoms with Crippen LogP contribution in [0.4, 0.5) is 0 Å². The van der Waals surface area contributed by atoms with Gasteiger partial charge in [-0.3, -0.25) is 0 Å². The largest absolute Gasteiger partial charge is 0.0616 e. The molecule has 0 heteroatoms. The van der Waals surface area contributed by atoms with Crippen LogP contribution in [0.5, 0.6) is 0 Å². The molecule has 0 atom stereocenters. The van der Waals surface area contributed by atoms with Gasteiger partial charge in [0.05, 0.1) is 0 Å². The molecule has 0 bridgehead atoms. The molecule has 55 heavy (non-hydrogen) atoms. The van der Waals surface area contributed by atoms with Gasteiger partial charge in [0.25, 0.3) is 0 Å². The molecule has 0 saturated heterocycles. The molecule has 0 N–H and O–H groups in total. The lowest BCUT2D eigenvalue weighted by Crippen LogP contribution is -2.15. The van der Waals surface area contributed by atoms with Crippen LogP contribution in [0.3, 0.4) is 0 Å². The minimum Gasteiger partial charge on any atom is -0.0616 e. The molecule has 0 aromatic heterocycles. The number of benzene rings is 10. The second-order valence-corrected chi connectivity index (χ2v) is 15.7. The van der Waals surface area contributed by atoms with Crippen LogP contribution in [0.1, 0.15) is 25.0 Å². The Balaban J connectivity index is 1.09. The highest BCUT2D eigenvalue weighted by atomic mass is 14.4. The van der Waals surface area contributed by atoms with Gasteiger partial charge in [0, 0.05) is 5.41 Å². The van der Waals surface area contributed by atoms with Crippen LogP contribution in [0.25, 0.3) is 98.7 Å². The third-order valence-corrected chi connectivity index (χ3v) is 12.2. The van der Waals surface area contributed by atoms with E-state index >= 15 is 0 Å². The van der Waals surface area contributed by atoms with Crippen molar-refractivity contribution < 1.29 is 0 Å². The molecule has 0 heterocycles. The van der Waals surface area contributed by atoms with Crippen molar-refractivity contribution in [1.82, 2.24) is 0 Å². The van der Waals surface area contributed by atoms with E-state index in [-0.39, 0.29) is 5.41 Å². The van der Waals surface area contributed by atoms with E-state index in [1.807, 2.05) is 0 Å². The van der Waals surface area contributed by atoms with Crippen molar-refractivity contribution in [2.75, 3.05) is 0 Å². The van der Waals surface area contributed by atoms with Crippen LogP contribution in [0.2, 0.25) is 0 Å². The first-order valence-electron chi connectivity index (χ1n) is 19.3. The van der Waals surface area contributed by atoms with E-state index in [0.717, 1.165) is 0 Å². The first kappa shape index (κ1) is 31.7. The third-order valence-electron chi connectivity index (χ3n) is 12.2. The highest BCUT2D eigenvalue weighted by Gasteiger charge is 2.36. The normalized spacial score (nSPS) is 13.1. The van der Waals surface area contributed by atoms with E-state index in [2.05, 4.69) is 208 Å². The monoisotopic (exact) mass is 698 g/mol. The van der Waals surface area contributed by atoms with E-state index in [9.17, 15) is 0 Å². The molecule has 0 unspecified atom stereocenters. The zero-order valence-electron chi connectivity index (χ0n) is 31.0. The lowest BCUT2D eigenvalue weighted by atomic mass is 9.80. The molecule has 0 fully saturated rings. The first-order valence-corrected chi connectivity index (χ1v) is 19.3. The standard InChI is InChI=1S/C55H38/c1-55(2)53-33-39(24-26-50(53)51-27-25-41(34-54(51)55)46-21-11-16-36-13-5-7-17-45(36)46)43-29-42(38-23-22-35-12-3-4-14-37(35)28-38)30-44(31-43)52-32-40-15-6-8-18-47(40)48-19-9-10-20-49(48)52/h3-34H,1-2H3. The molecular weight excluding hydrogens is 661 g/mol. The van der Waals surface area contributed by atoms with Crippen molar-refractivity contribution >= 4 is 43.1 Å². The van der Waals surface area contributed by atoms with Crippen LogP contribution >= 0.6 is 0 Å². The van der Waals surface area contributed by atoms with E-state index < -0.39 is 0 Å². The molecule has 0 radical (unpaired) electrons. The molecule has 1 aliphatic rings. The van der Waals surface area contributed by atoms with Gasteiger partial charge in [-0.2, -0.15) is 0 Å². The Morgan fingerprint density at radius 1 is 0.255 bits per heavy atom. The third kappa shape index (κ3) is 5.06. The highest BCUT2D eigenvalue weighted by Crippen LogP contribution is 2.51. The summed E-state index contributed by atoms with van der Waals surface area (Å²) in [5, 5.41) is 10.2. The fourth-order valence-corrected chi connectivity index (χ4v) is 9.34. The van der Waals surface area contributed by atoms with Gasteiger partial charge < -0.3 is 0 Å². The van der Waals surface area contributed by atoms with Gasteiger partial charge in [0.1, 0.15) is 0 Å². The molecule has 0 aliphatic heterocycles. The molecule has 0 nitrogen and oxygen atoms in total. The maximum atomic E-state index is 2.47. The van der Waals surface area contributed by atoms with Crippen LogP contribution < -0.4 is 0 Å². The average molecular weight is 699 g/mol. The van der Waals surface area contributed by atoms with Crippen molar-refractivity contribution in [3.63, 3.8) is 0 Å². The van der Waals surface area contributed by atoms with Crippen molar-refractivity contribution in [1.29, 1.82) is 0 Å². The molecule has 11 rings (SSSR count). The minimum absolute atomic E-state index is 0.158. The van der Waals surface area contributed by atoms with Crippen molar-refractivity contribution in [2.24, 2.45) is 0 Å². The van der Waals surface area contributed by atoms with Crippen LogP contribution in [-0.4, -0.2) is 0 Å². The summed E-state index contributed by atoms with van der Waals surface area (Å²) in [5.74, 6) is 0. The van der Waals surface area contributed by atoms with Gasteiger partial charge in [0.15, 0.2) is 0 Å². The highest BCUT2D eigenvalue weighted by molar-refractivity contribution is 6.14. The molecule has 0 saturated carbocycles. The Morgan fingerprint density at radius 3 is 1.55 bits per heavy atom. The molecule has 0 amide bonds. The molecule has 1 aliphatic carbocycles. The van der Waals surface area contributed by atoms with E-state index in [0.29, 0.717) is 0 Å². The van der Waals surface area contributed by atoms with Crippen molar-refractivity contribution in [3.05, 3.63) is 205 Å². The lowest BCUT2D eigenvalue weighted by Gasteiger charge is -2.23. The summed E-state index contributed by atoms with van der Waals surface area (Å²) in [7, 11) is 0. The van der Waals surface area contributed by atoms with Gasteiger partial charge in [-0.15, -0.1) is 0 Å². The molecule has 258 valence electrons. The number of hydrogen-bond acceptors (Lipinski definition) is 0. The average Bonchev–Trinajstić information content (AvgIpc) is 3.47. The van der Waals surface area contributed by atoms with Crippen molar-refractivity contribution in [3.8, 4) is 55.6 Å². The zero-order chi connectivity index (χ0) is 36.7. The lowest BCUT2D eigenvalue weighted by molar-refractivity contribution is 0.661. The van der Waals surface area contributed by atoms with E-state index in [1.165, 1.54) is 110 Å². The Kier molecular flexibility index (Phi) is 7.00. The predicted molar refractivity (Wildman–Crippen MR) is 236 cm³/mol. The summed E-state index contributed by atoms with van der Waals surface area (Å²) in [4.78, 5) is 0. The van der Waals surface area contributed by atoms with Gasteiger partial charge in [0.2, 0.25) is 0 Å². The number of rotatable bonds is 4. The number of fused-ring (bicyclic) bond motifs is 8. The van der Waals surface area contributed by atoms with Gasteiger partial charge in [-0.05, 0) is 152 Å². The van der Waals surface area contributed by atoms with Crippen LogP contribution in [0, 0.1) is 0 Å². The quantitative estimate of drug-likeness (QED) is 0.161. The van der Waals surface area contributed by atoms with Crippen LogP contribution in [0.15, 0.2) is 194 Å². The Hall–Kier alpha value is -6.76. The Bertz CT molecular complexity index is 3170. The summed E-state index contributed by atoms with van der Waals surface area (Å²) < 4.78 is 0. The summed E-state index contributed by atoms with van der Waals surface area (Å²) in [6.07, 6.45) is 0. The summed E-state index contributed by atoms with van der Waals surface area (Å²) in [6.45, 7) is 4.79.